The fourth-order valence-electron chi connectivity index (χ4n) is 4.18. The molecule has 2 atom stereocenters. The first-order valence-electron chi connectivity index (χ1n) is 10.8. The molecule has 4 rings (SSSR count). The van der Waals surface area contributed by atoms with Gasteiger partial charge in [0, 0.05) is 23.5 Å². The molecule has 2 amide bonds. The van der Waals surface area contributed by atoms with Crippen LogP contribution >= 0.6 is 15.9 Å². The summed E-state index contributed by atoms with van der Waals surface area (Å²) in [5, 5.41) is 9.41. The van der Waals surface area contributed by atoms with Gasteiger partial charge in [-0.15, -0.1) is 0 Å². The molecule has 1 saturated heterocycles. The maximum Gasteiger partial charge on any atom is 0.243 e. The fourth-order valence-corrected chi connectivity index (χ4v) is 4.44. The van der Waals surface area contributed by atoms with Crippen molar-refractivity contribution < 1.29 is 14.0 Å². The van der Waals surface area contributed by atoms with Crippen LogP contribution in [0.15, 0.2) is 53.0 Å². The quantitative estimate of drug-likeness (QED) is 0.561. The number of carbonyl (C=O) groups is 2. The first-order valence-corrected chi connectivity index (χ1v) is 11.6. The molecular weight excluding hydrogens is 461 g/mol. The van der Waals surface area contributed by atoms with Crippen molar-refractivity contribution in [3.05, 3.63) is 69.9 Å². The Hall–Kier alpha value is -2.25. The lowest BCUT2D eigenvalue weighted by atomic mass is 9.94. The summed E-state index contributed by atoms with van der Waals surface area (Å²) in [5.74, 6) is -0.661. The van der Waals surface area contributed by atoms with Gasteiger partial charge in [0.2, 0.25) is 11.8 Å². The first kappa shape index (κ1) is 22.0. The second-order valence-corrected chi connectivity index (χ2v) is 9.41. The number of piperidine rings is 1. The summed E-state index contributed by atoms with van der Waals surface area (Å²) in [6.07, 6.45) is 3.75. The van der Waals surface area contributed by atoms with Crippen LogP contribution < -0.4 is 16.0 Å². The minimum Gasteiger partial charge on any atom is -0.350 e. The highest BCUT2D eigenvalue weighted by Crippen LogP contribution is 2.48. The van der Waals surface area contributed by atoms with E-state index < -0.39 is 11.5 Å². The van der Waals surface area contributed by atoms with E-state index >= 15 is 0 Å². The summed E-state index contributed by atoms with van der Waals surface area (Å²) in [4.78, 5) is 26.4. The summed E-state index contributed by atoms with van der Waals surface area (Å²) in [6.45, 7) is 1.70. The van der Waals surface area contributed by atoms with Crippen molar-refractivity contribution in [3.63, 3.8) is 0 Å². The third-order valence-electron chi connectivity index (χ3n) is 6.20. The van der Waals surface area contributed by atoms with Gasteiger partial charge < -0.3 is 16.0 Å². The van der Waals surface area contributed by atoms with Gasteiger partial charge in [-0.3, -0.25) is 9.59 Å². The van der Waals surface area contributed by atoms with Crippen molar-refractivity contribution in [2.45, 2.75) is 49.6 Å². The van der Waals surface area contributed by atoms with Gasteiger partial charge in [0.05, 0.1) is 5.41 Å². The van der Waals surface area contributed by atoms with Crippen molar-refractivity contribution in [3.8, 4) is 0 Å². The van der Waals surface area contributed by atoms with E-state index in [1.165, 1.54) is 12.1 Å². The highest BCUT2D eigenvalue weighted by molar-refractivity contribution is 9.10. The van der Waals surface area contributed by atoms with Gasteiger partial charge >= 0.3 is 0 Å². The van der Waals surface area contributed by atoms with Crippen LogP contribution in [-0.2, 0) is 21.4 Å². The van der Waals surface area contributed by atoms with E-state index in [2.05, 4.69) is 31.9 Å². The fraction of sp³-hybridized carbons (Fsp3) is 0.417. The average molecular weight is 488 g/mol. The zero-order valence-corrected chi connectivity index (χ0v) is 18.9. The van der Waals surface area contributed by atoms with E-state index in [9.17, 15) is 14.0 Å². The third-order valence-corrected chi connectivity index (χ3v) is 6.73. The lowest BCUT2D eigenvalue weighted by Crippen LogP contribution is -2.55. The second kappa shape index (κ2) is 9.49. The van der Waals surface area contributed by atoms with Gasteiger partial charge in [-0.2, -0.15) is 0 Å². The standard InChI is InChI=1S/C24H27BrFN3O2/c25-18-7-3-16(4-8-18)14-21(22(30)28-20-2-1-13-27-15-20)29-23(31)24(11-12-24)17-5-9-19(26)10-6-17/h3-10,20-21,27H,1-2,11-15H2,(H,28,30)(H,29,31). The number of amides is 2. The normalized spacial score (nSPS) is 20.5. The van der Waals surface area contributed by atoms with Gasteiger partial charge in [0.15, 0.2) is 0 Å². The van der Waals surface area contributed by atoms with Crippen molar-refractivity contribution in [1.82, 2.24) is 16.0 Å². The Morgan fingerprint density at radius 2 is 1.84 bits per heavy atom. The maximum absolute atomic E-state index is 13.3. The molecule has 2 aromatic rings. The number of nitrogens with one attached hydrogen (secondary N) is 3. The number of carbonyl (C=O) groups excluding carboxylic acids is 2. The molecule has 1 heterocycles. The van der Waals surface area contributed by atoms with E-state index in [1.54, 1.807) is 12.1 Å². The van der Waals surface area contributed by atoms with Crippen molar-refractivity contribution in [1.29, 1.82) is 0 Å². The predicted molar refractivity (Wildman–Crippen MR) is 121 cm³/mol. The van der Waals surface area contributed by atoms with Crippen LogP contribution in [0.1, 0.15) is 36.8 Å². The number of benzene rings is 2. The van der Waals surface area contributed by atoms with Crippen molar-refractivity contribution >= 4 is 27.7 Å². The second-order valence-electron chi connectivity index (χ2n) is 8.50. The van der Waals surface area contributed by atoms with Crippen LogP contribution in [0.5, 0.6) is 0 Å². The molecule has 0 spiro atoms. The topological polar surface area (TPSA) is 70.2 Å². The number of hydrogen-bond donors (Lipinski definition) is 3. The molecule has 1 aliphatic carbocycles. The monoisotopic (exact) mass is 487 g/mol. The molecule has 164 valence electrons. The SMILES string of the molecule is O=C(NC1CCCNC1)C(Cc1ccc(Br)cc1)NC(=O)C1(c2ccc(F)cc2)CC1. The van der Waals surface area contributed by atoms with Crippen molar-refractivity contribution in [2.24, 2.45) is 0 Å². The van der Waals surface area contributed by atoms with Gasteiger partial charge in [-0.05, 0) is 67.6 Å². The lowest BCUT2D eigenvalue weighted by molar-refractivity contribution is -0.130. The summed E-state index contributed by atoms with van der Waals surface area (Å²) in [7, 11) is 0. The van der Waals surface area contributed by atoms with Crippen LogP contribution in [0.4, 0.5) is 4.39 Å². The van der Waals surface area contributed by atoms with Gasteiger partial charge in [-0.1, -0.05) is 40.2 Å². The molecule has 1 saturated carbocycles. The van der Waals surface area contributed by atoms with Crippen molar-refractivity contribution in [2.75, 3.05) is 13.1 Å². The van der Waals surface area contributed by atoms with E-state index in [0.717, 1.165) is 41.5 Å². The first-order chi connectivity index (χ1) is 15.0. The number of hydrogen-bond acceptors (Lipinski definition) is 3. The Kier molecular flexibility index (Phi) is 6.72. The molecule has 31 heavy (non-hydrogen) atoms. The van der Waals surface area contributed by atoms with E-state index in [4.69, 9.17) is 0 Å². The Bertz CT molecular complexity index is 923. The Morgan fingerprint density at radius 3 is 2.45 bits per heavy atom. The number of rotatable bonds is 7. The zero-order chi connectivity index (χ0) is 21.8. The Morgan fingerprint density at radius 1 is 1.13 bits per heavy atom. The predicted octanol–water partition coefficient (Wildman–Crippen LogP) is 3.22. The van der Waals surface area contributed by atoms with Crippen LogP contribution in [0, 0.1) is 5.82 Å². The maximum atomic E-state index is 13.3. The largest absolute Gasteiger partial charge is 0.350 e. The molecule has 1 aliphatic heterocycles. The molecule has 5 nitrogen and oxygen atoms in total. The summed E-state index contributed by atoms with van der Waals surface area (Å²) >= 11 is 3.43. The molecule has 2 unspecified atom stereocenters. The van der Waals surface area contributed by atoms with Crippen LogP contribution in [0.25, 0.3) is 0 Å². The molecule has 0 aromatic heterocycles. The van der Waals surface area contributed by atoms with Gasteiger partial charge in [0.25, 0.3) is 0 Å². The minimum atomic E-state index is -0.673. The average Bonchev–Trinajstić information content (AvgIpc) is 3.58. The third kappa shape index (κ3) is 5.33. The molecule has 2 aromatic carbocycles. The summed E-state index contributed by atoms with van der Waals surface area (Å²) < 4.78 is 14.3. The molecular formula is C24H27BrFN3O2. The highest BCUT2D eigenvalue weighted by Gasteiger charge is 2.52. The summed E-state index contributed by atoms with van der Waals surface area (Å²) in [5.41, 5.74) is 1.10. The van der Waals surface area contributed by atoms with E-state index in [1.807, 2.05) is 24.3 Å². The molecule has 7 heteroatoms. The lowest BCUT2D eigenvalue weighted by Gasteiger charge is -2.28. The number of halogens is 2. The minimum absolute atomic E-state index is 0.0672. The summed E-state index contributed by atoms with van der Waals surface area (Å²) in [6, 6.07) is 13.2. The van der Waals surface area contributed by atoms with E-state index in [-0.39, 0.29) is 23.7 Å². The Labute approximate surface area is 190 Å². The molecule has 3 N–H and O–H groups in total. The van der Waals surface area contributed by atoms with Crippen LogP contribution in [0.3, 0.4) is 0 Å². The van der Waals surface area contributed by atoms with Gasteiger partial charge in [-0.25, -0.2) is 4.39 Å². The molecule has 0 radical (unpaired) electrons. The Balaban J connectivity index is 1.50. The van der Waals surface area contributed by atoms with Crippen LogP contribution in [-0.4, -0.2) is 37.0 Å². The van der Waals surface area contributed by atoms with E-state index in [0.29, 0.717) is 19.3 Å². The molecule has 2 aliphatic rings. The zero-order valence-electron chi connectivity index (χ0n) is 17.3. The van der Waals surface area contributed by atoms with Gasteiger partial charge in [0.1, 0.15) is 11.9 Å². The van der Waals surface area contributed by atoms with Crippen LogP contribution in [0.2, 0.25) is 0 Å². The smallest absolute Gasteiger partial charge is 0.243 e. The molecule has 2 fully saturated rings. The molecule has 0 bridgehead atoms. The highest BCUT2D eigenvalue weighted by atomic mass is 79.9.